The number of aromatic nitrogens is 4. The Morgan fingerprint density at radius 3 is 2.61 bits per heavy atom. The van der Waals surface area contributed by atoms with Crippen LogP contribution in [0.4, 0.5) is 13.2 Å². The Balaban J connectivity index is 1.80. The summed E-state index contributed by atoms with van der Waals surface area (Å²) in [6.45, 7) is 4.43. The van der Waals surface area contributed by atoms with Crippen LogP contribution in [0.15, 0.2) is 52.4 Å². The van der Waals surface area contributed by atoms with Crippen LogP contribution < -0.4 is 5.56 Å². The van der Waals surface area contributed by atoms with Crippen molar-refractivity contribution >= 4 is 40.0 Å². The van der Waals surface area contributed by atoms with Crippen LogP contribution in [0.1, 0.15) is 25.0 Å². The highest BCUT2D eigenvalue weighted by molar-refractivity contribution is 7.98. The number of halogens is 4. The lowest BCUT2D eigenvalue weighted by atomic mass is 10.1. The van der Waals surface area contributed by atoms with Crippen molar-refractivity contribution in [2.24, 2.45) is 5.92 Å². The first-order valence-electron chi connectivity index (χ1n) is 9.51. The van der Waals surface area contributed by atoms with E-state index in [1.165, 1.54) is 17.8 Å². The molecule has 10 heteroatoms. The minimum atomic E-state index is -4.40. The Labute approximate surface area is 184 Å². The fraction of sp³-hybridized carbons (Fsp3) is 0.286. The van der Waals surface area contributed by atoms with Gasteiger partial charge < -0.3 is 0 Å². The van der Waals surface area contributed by atoms with Gasteiger partial charge in [-0.25, -0.2) is 0 Å². The van der Waals surface area contributed by atoms with Gasteiger partial charge in [0.1, 0.15) is 0 Å². The van der Waals surface area contributed by atoms with Crippen molar-refractivity contribution < 1.29 is 13.2 Å². The maximum absolute atomic E-state index is 13.1. The SMILES string of the molecule is CC(C)Cn1c(=O)c2cc(Cl)ccc2n2c(SCc3cccc(C(F)(F)F)c3)nnc12. The summed E-state index contributed by atoms with van der Waals surface area (Å²) in [5.41, 5.74) is 0.212. The van der Waals surface area contributed by atoms with Crippen molar-refractivity contribution in [3.63, 3.8) is 0 Å². The molecule has 2 aromatic carbocycles. The van der Waals surface area contributed by atoms with Gasteiger partial charge in [-0.1, -0.05) is 55.4 Å². The van der Waals surface area contributed by atoms with Crippen molar-refractivity contribution in [2.75, 3.05) is 0 Å². The van der Waals surface area contributed by atoms with Crippen LogP contribution in [0.2, 0.25) is 5.02 Å². The van der Waals surface area contributed by atoms with Gasteiger partial charge >= 0.3 is 6.18 Å². The van der Waals surface area contributed by atoms with Crippen molar-refractivity contribution in [2.45, 2.75) is 37.5 Å². The number of hydrogen-bond donors (Lipinski definition) is 0. The first-order valence-corrected chi connectivity index (χ1v) is 10.9. The minimum Gasteiger partial charge on any atom is -0.276 e. The van der Waals surface area contributed by atoms with Crippen LogP contribution in [0.25, 0.3) is 16.7 Å². The molecule has 0 bridgehead atoms. The first kappa shape index (κ1) is 21.7. The molecule has 0 atom stereocenters. The zero-order valence-electron chi connectivity index (χ0n) is 16.7. The monoisotopic (exact) mass is 466 g/mol. The lowest BCUT2D eigenvalue weighted by Gasteiger charge is -2.13. The summed E-state index contributed by atoms with van der Waals surface area (Å²) in [5.74, 6) is 0.847. The molecule has 0 unspecified atom stereocenters. The van der Waals surface area contributed by atoms with Crippen LogP contribution in [0.5, 0.6) is 0 Å². The van der Waals surface area contributed by atoms with E-state index in [9.17, 15) is 18.0 Å². The number of thioether (sulfide) groups is 1. The molecule has 5 nitrogen and oxygen atoms in total. The average Bonchev–Trinajstić information content (AvgIpc) is 3.13. The summed E-state index contributed by atoms with van der Waals surface area (Å²) in [6.07, 6.45) is -4.40. The zero-order valence-corrected chi connectivity index (χ0v) is 18.2. The summed E-state index contributed by atoms with van der Waals surface area (Å²) >= 11 is 7.38. The third-order valence-electron chi connectivity index (χ3n) is 4.70. The van der Waals surface area contributed by atoms with Crippen molar-refractivity contribution in [1.29, 1.82) is 0 Å². The highest BCUT2D eigenvalue weighted by Crippen LogP contribution is 2.31. The van der Waals surface area contributed by atoms with E-state index in [1.54, 1.807) is 33.2 Å². The second-order valence-electron chi connectivity index (χ2n) is 7.58. The second kappa shape index (κ2) is 8.20. The molecule has 2 aromatic heterocycles. The van der Waals surface area contributed by atoms with Crippen molar-refractivity contribution in [3.8, 4) is 0 Å². The molecule has 0 spiro atoms. The topological polar surface area (TPSA) is 52.2 Å². The number of nitrogens with zero attached hydrogens (tertiary/aromatic N) is 4. The number of hydrogen-bond acceptors (Lipinski definition) is 4. The predicted octanol–water partition coefficient (Wildman–Crippen LogP) is 5.66. The molecule has 162 valence electrons. The van der Waals surface area contributed by atoms with E-state index in [4.69, 9.17) is 11.6 Å². The number of alkyl halides is 3. The largest absolute Gasteiger partial charge is 0.416 e. The Kier molecular flexibility index (Phi) is 5.74. The Hall–Kier alpha value is -2.52. The van der Waals surface area contributed by atoms with E-state index < -0.39 is 11.7 Å². The van der Waals surface area contributed by atoms with Gasteiger partial charge in [-0.2, -0.15) is 13.2 Å². The summed E-state index contributed by atoms with van der Waals surface area (Å²) in [6, 6.07) is 10.2. The summed E-state index contributed by atoms with van der Waals surface area (Å²) < 4.78 is 42.3. The maximum atomic E-state index is 13.1. The van der Waals surface area contributed by atoms with Gasteiger partial charge in [-0.05, 0) is 35.7 Å². The molecular formula is C21H18ClF3N4OS. The standard InChI is InChI=1S/C21H18ClF3N4OS/c1-12(2)10-28-18(30)16-9-15(22)6-7-17(16)29-19(28)26-27-20(29)31-11-13-4-3-5-14(8-13)21(23,24)25/h3-9,12H,10-11H2,1-2H3. The lowest BCUT2D eigenvalue weighted by molar-refractivity contribution is -0.137. The predicted molar refractivity (Wildman–Crippen MR) is 116 cm³/mol. The van der Waals surface area contributed by atoms with E-state index in [2.05, 4.69) is 10.2 Å². The third kappa shape index (κ3) is 4.29. The molecular weight excluding hydrogens is 449 g/mol. The molecule has 0 aliphatic rings. The molecule has 2 heterocycles. The van der Waals surface area contributed by atoms with E-state index in [0.717, 1.165) is 12.1 Å². The molecule has 0 aliphatic carbocycles. The van der Waals surface area contributed by atoms with Crippen molar-refractivity contribution in [3.05, 3.63) is 69.0 Å². The van der Waals surface area contributed by atoms with Gasteiger partial charge in [-0.3, -0.25) is 13.8 Å². The summed E-state index contributed by atoms with van der Waals surface area (Å²) in [5, 5.41) is 9.79. The van der Waals surface area contributed by atoms with Gasteiger partial charge in [0.25, 0.3) is 5.56 Å². The zero-order chi connectivity index (χ0) is 22.3. The fourth-order valence-electron chi connectivity index (χ4n) is 3.37. The van der Waals surface area contributed by atoms with E-state index in [0.29, 0.717) is 39.0 Å². The molecule has 0 fully saturated rings. The number of fused-ring (bicyclic) bond motifs is 3. The molecule has 4 aromatic rings. The molecule has 4 rings (SSSR count). The smallest absolute Gasteiger partial charge is 0.276 e. The molecule has 0 radical (unpaired) electrons. The van der Waals surface area contributed by atoms with Gasteiger partial charge in [-0.15, -0.1) is 10.2 Å². The van der Waals surface area contributed by atoms with Gasteiger partial charge in [0.2, 0.25) is 5.78 Å². The van der Waals surface area contributed by atoms with Gasteiger partial charge in [0.05, 0.1) is 16.5 Å². The van der Waals surface area contributed by atoms with E-state index >= 15 is 0 Å². The van der Waals surface area contributed by atoms with E-state index in [1.807, 2.05) is 13.8 Å². The van der Waals surface area contributed by atoms with Crippen LogP contribution in [-0.4, -0.2) is 19.2 Å². The minimum absolute atomic E-state index is 0.191. The number of benzene rings is 2. The van der Waals surface area contributed by atoms with Crippen LogP contribution in [0.3, 0.4) is 0 Å². The Bertz CT molecular complexity index is 1330. The summed E-state index contributed by atoms with van der Waals surface area (Å²) in [7, 11) is 0. The number of rotatable bonds is 5. The molecule has 31 heavy (non-hydrogen) atoms. The first-order chi connectivity index (χ1) is 14.6. The van der Waals surface area contributed by atoms with Crippen LogP contribution in [0, 0.1) is 5.92 Å². The maximum Gasteiger partial charge on any atom is 0.416 e. The second-order valence-corrected chi connectivity index (χ2v) is 8.95. The fourth-order valence-corrected chi connectivity index (χ4v) is 4.42. The van der Waals surface area contributed by atoms with Crippen LogP contribution in [-0.2, 0) is 18.5 Å². The molecule has 0 aliphatic heterocycles. The Morgan fingerprint density at radius 2 is 1.90 bits per heavy atom. The molecule has 0 saturated heterocycles. The Morgan fingerprint density at radius 1 is 1.13 bits per heavy atom. The van der Waals surface area contributed by atoms with Crippen LogP contribution >= 0.6 is 23.4 Å². The van der Waals surface area contributed by atoms with Crippen molar-refractivity contribution in [1.82, 2.24) is 19.2 Å². The van der Waals surface area contributed by atoms with Gasteiger partial charge in [0, 0.05) is 17.3 Å². The molecule has 0 amide bonds. The summed E-state index contributed by atoms with van der Waals surface area (Å²) in [4.78, 5) is 13.1. The average molecular weight is 467 g/mol. The normalized spacial score (nSPS) is 12.4. The molecule has 0 N–H and O–H groups in total. The molecule has 0 saturated carbocycles. The quantitative estimate of drug-likeness (QED) is 0.356. The van der Waals surface area contributed by atoms with E-state index in [-0.39, 0.29) is 17.2 Å². The van der Waals surface area contributed by atoms with Gasteiger partial charge in [0.15, 0.2) is 5.16 Å². The third-order valence-corrected chi connectivity index (χ3v) is 5.94. The lowest BCUT2D eigenvalue weighted by Crippen LogP contribution is -2.25. The highest BCUT2D eigenvalue weighted by atomic mass is 35.5. The highest BCUT2D eigenvalue weighted by Gasteiger charge is 2.30.